The van der Waals surface area contributed by atoms with Gasteiger partial charge in [0.15, 0.2) is 0 Å². The molecule has 2 nitrogen and oxygen atoms in total. The van der Waals surface area contributed by atoms with Crippen LogP contribution in [0, 0.1) is 23.7 Å². The SMILES string of the molecule is C#CC(CC#N)N([SiH2]C(C)[Si](C)(C)C)[SiH2]C(C)[Si](C)(C)C. The van der Waals surface area contributed by atoms with E-state index in [1.165, 1.54) is 0 Å². The smallest absolute Gasteiger partial charge is 0.0884 e. The quantitative estimate of drug-likeness (QED) is 0.495. The average Bonchev–Trinajstić information content (AvgIpc) is 2.32. The normalized spacial score (nSPS) is 18.0. The van der Waals surface area contributed by atoms with Crippen LogP contribution in [0.25, 0.3) is 0 Å². The van der Waals surface area contributed by atoms with Crippen molar-refractivity contribution in [3.8, 4) is 18.4 Å². The summed E-state index contributed by atoms with van der Waals surface area (Å²) in [6.45, 7) is 19.6. The van der Waals surface area contributed by atoms with Crippen molar-refractivity contribution in [2.24, 2.45) is 0 Å². The van der Waals surface area contributed by atoms with E-state index < -0.39 is 16.1 Å². The third-order valence-corrected chi connectivity index (χ3v) is 23.7. The fourth-order valence-corrected chi connectivity index (χ4v) is 14.6. The van der Waals surface area contributed by atoms with Crippen LogP contribution in [-0.4, -0.2) is 45.8 Å². The summed E-state index contributed by atoms with van der Waals surface area (Å²) in [7, 11) is -2.90. The van der Waals surface area contributed by atoms with Crippen molar-refractivity contribution in [3.63, 3.8) is 0 Å². The molecule has 0 fully saturated rings. The molecule has 21 heavy (non-hydrogen) atoms. The summed E-state index contributed by atoms with van der Waals surface area (Å²) < 4.78 is 2.69. The van der Waals surface area contributed by atoms with Crippen molar-refractivity contribution >= 4 is 35.5 Å². The molecule has 0 aliphatic heterocycles. The molecule has 0 amide bonds. The molecule has 3 atom stereocenters. The average molecular weight is 355 g/mol. The van der Waals surface area contributed by atoms with Gasteiger partial charge in [0, 0.05) is 16.1 Å². The van der Waals surface area contributed by atoms with Crippen LogP contribution in [0.2, 0.25) is 49.6 Å². The van der Waals surface area contributed by atoms with Gasteiger partial charge in [0.2, 0.25) is 0 Å². The Hall–Kier alpha value is -0.122. The second kappa shape index (κ2) is 8.49. The topological polar surface area (TPSA) is 27.0 Å². The first-order chi connectivity index (χ1) is 9.43. The van der Waals surface area contributed by atoms with E-state index in [0.717, 1.165) is 10.3 Å². The number of rotatable bonds is 8. The van der Waals surface area contributed by atoms with Crippen LogP contribution in [-0.2, 0) is 0 Å². The number of nitrogens with zero attached hydrogens (tertiary/aromatic N) is 2. The zero-order valence-corrected chi connectivity index (χ0v) is 20.2. The molecule has 0 aromatic carbocycles. The standard InChI is InChI=1S/C15H34N2Si4/c1-10-15(11-12-16)17(18-13(2)20(4,5)6)19-14(3)21(7,8)9/h1,13-15H,11,18-19H2,2-9H3. The summed E-state index contributed by atoms with van der Waals surface area (Å²) >= 11 is 0. The van der Waals surface area contributed by atoms with E-state index >= 15 is 0 Å². The molecule has 0 N–H and O–H groups in total. The highest BCUT2D eigenvalue weighted by Crippen LogP contribution is 2.25. The van der Waals surface area contributed by atoms with Crippen LogP contribution in [0.1, 0.15) is 20.3 Å². The predicted molar refractivity (Wildman–Crippen MR) is 107 cm³/mol. The molecular formula is C15H34N2Si4. The summed E-state index contributed by atoms with van der Waals surface area (Å²) in [5.74, 6) is 2.92. The highest BCUT2D eigenvalue weighted by atomic mass is 28.4. The monoisotopic (exact) mass is 354 g/mol. The number of hydrogen-bond acceptors (Lipinski definition) is 2. The molecule has 0 aromatic rings. The molecule has 120 valence electrons. The third-order valence-electron chi connectivity index (χ3n) is 4.89. The van der Waals surface area contributed by atoms with E-state index in [0.29, 0.717) is 6.42 Å². The minimum Gasteiger partial charge on any atom is -0.342 e. The lowest BCUT2D eigenvalue weighted by atomic mass is 10.2. The van der Waals surface area contributed by atoms with Gasteiger partial charge in [-0.25, -0.2) is 0 Å². The highest BCUT2D eigenvalue weighted by molar-refractivity contribution is 6.88. The van der Waals surface area contributed by atoms with Crippen molar-refractivity contribution in [2.75, 3.05) is 0 Å². The molecule has 0 aliphatic rings. The van der Waals surface area contributed by atoms with Gasteiger partial charge in [0.25, 0.3) is 0 Å². The van der Waals surface area contributed by atoms with Gasteiger partial charge in [-0.15, -0.1) is 6.42 Å². The summed E-state index contributed by atoms with van der Waals surface area (Å²) in [6, 6.07) is 2.39. The van der Waals surface area contributed by atoms with Gasteiger partial charge in [0.1, 0.15) is 0 Å². The fraction of sp³-hybridized carbons (Fsp3) is 0.800. The Morgan fingerprint density at radius 1 is 1.00 bits per heavy atom. The molecule has 0 bridgehead atoms. The van der Waals surface area contributed by atoms with Gasteiger partial charge in [0.05, 0.1) is 37.9 Å². The molecule has 0 heterocycles. The summed E-state index contributed by atoms with van der Waals surface area (Å²) in [6.07, 6.45) is 6.26. The lowest BCUT2D eigenvalue weighted by molar-refractivity contribution is 0.572. The lowest BCUT2D eigenvalue weighted by Crippen LogP contribution is -2.49. The van der Waals surface area contributed by atoms with Crippen molar-refractivity contribution < 1.29 is 0 Å². The number of hydrogen-bond donors (Lipinski definition) is 0. The van der Waals surface area contributed by atoms with Crippen LogP contribution in [0.4, 0.5) is 0 Å². The van der Waals surface area contributed by atoms with Gasteiger partial charge >= 0.3 is 0 Å². The molecule has 6 heteroatoms. The summed E-state index contributed by atoms with van der Waals surface area (Å²) in [4.78, 5) is 0. The largest absolute Gasteiger partial charge is 0.342 e. The first kappa shape index (κ1) is 20.9. The third kappa shape index (κ3) is 7.62. The molecular weight excluding hydrogens is 321 g/mol. The molecule has 3 unspecified atom stereocenters. The Morgan fingerprint density at radius 2 is 1.38 bits per heavy atom. The van der Waals surface area contributed by atoms with Crippen molar-refractivity contribution in [3.05, 3.63) is 0 Å². The van der Waals surface area contributed by atoms with Crippen LogP contribution in [0.15, 0.2) is 0 Å². The summed E-state index contributed by atoms with van der Waals surface area (Å²) in [5.41, 5.74) is 0. The Labute approximate surface area is 139 Å². The van der Waals surface area contributed by atoms with Gasteiger partial charge in [-0.2, -0.15) is 5.26 Å². The van der Waals surface area contributed by atoms with Gasteiger partial charge in [-0.05, 0) is 10.3 Å². The number of terminal acetylenes is 1. The summed E-state index contributed by atoms with van der Waals surface area (Å²) in [5, 5.41) is 10.8. The molecule has 0 rings (SSSR count). The van der Waals surface area contributed by atoms with Crippen LogP contribution < -0.4 is 0 Å². The fourth-order valence-electron chi connectivity index (χ4n) is 1.96. The maximum Gasteiger partial charge on any atom is 0.0884 e. The molecule has 0 radical (unpaired) electrons. The van der Waals surface area contributed by atoms with Crippen molar-refractivity contribution in [2.45, 2.75) is 75.9 Å². The Balaban J connectivity index is 5.12. The van der Waals surface area contributed by atoms with E-state index in [-0.39, 0.29) is 25.4 Å². The Bertz CT molecular complexity index is 376. The van der Waals surface area contributed by atoms with Crippen LogP contribution in [0.3, 0.4) is 0 Å². The molecule has 0 aromatic heterocycles. The Morgan fingerprint density at radius 3 is 1.62 bits per heavy atom. The minimum atomic E-state index is -1.10. The van der Waals surface area contributed by atoms with Gasteiger partial charge in [-0.1, -0.05) is 59.0 Å². The second-order valence-electron chi connectivity index (χ2n) is 8.53. The van der Waals surface area contributed by atoms with Crippen LogP contribution >= 0.6 is 0 Å². The minimum absolute atomic E-state index is 0.0888. The van der Waals surface area contributed by atoms with Crippen molar-refractivity contribution in [1.82, 2.24) is 4.23 Å². The zero-order chi connectivity index (χ0) is 16.8. The Kier molecular flexibility index (Phi) is 8.44. The highest BCUT2D eigenvalue weighted by Gasteiger charge is 2.31. The van der Waals surface area contributed by atoms with E-state index in [9.17, 15) is 0 Å². The van der Waals surface area contributed by atoms with Gasteiger partial charge < -0.3 is 4.23 Å². The van der Waals surface area contributed by atoms with E-state index in [2.05, 4.69) is 69.4 Å². The maximum absolute atomic E-state index is 9.08. The molecule has 0 spiro atoms. The lowest BCUT2D eigenvalue weighted by Gasteiger charge is -2.38. The first-order valence-corrected chi connectivity index (χ1v) is 18.1. The van der Waals surface area contributed by atoms with E-state index in [4.69, 9.17) is 11.7 Å². The number of nitriles is 1. The zero-order valence-electron chi connectivity index (χ0n) is 15.3. The molecule has 0 aliphatic carbocycles. The van der Waals surface area contributed by atoms with Gasteiger partial charge in [-0.3, -0.25) is 0 Å². The first-order valence-electron chi connectivity index (χ1n) is 8.00. The van der Waals surface area contributed by atoms with E-state index in [1.54, 1.807) is 0 Å². The predicted octanol–water partition coefficient (Wildman–Crippen LogP) is 2.74. The van der Waals surface area contributed by atoms with Crippen molar-refractivity contribution in [1.29, 1.82) is 5.26 Å². The molecule has 0 saturated carbocycles. The second-order valence-corrected chi connectivity index (χ2v) is 27.3. The maximum atomic E-state index is 9.08. The molecule has 0 saturated heterocycles. The van der Waals surface area contributed by atoms with Crippen LogP contribution in [0.5, 0.6) is 0 Å². The van der Waals surface area contributed by atoms with E-state index in [1.807, 2.05) is 0 Å².